The number of rotatable bonds is 7. The zero-order valence-electron chi connectivity index (χ0n) is 11.4. The van der Waals surface area contributed by atoms with Crippen molar-refractivity contribution in [3.8, 4) is 0 Å². The Kier molecular flexibility index (Phi) is 4.62. The first kappa shape index (κ1) is 14.5. The molecule has 1 aliphatic rings. The molecular weight excluding hydrogens is 310 g/mol. The highest BCUT2D eigenvalue weighted by Gasteiger charge is 2.26. The van der Waals surface area contributed by atoms with Gasteiger partial charge in [-0.25, -0.2) is 0 Å². The molecule has 1 aromatic heterocycles. The monoisotopic (exact) mass is 329 g/mol. The van der Waals surface area contributed by atoms with Gasteiger partial charge in [-0.3, -0.25) is 14.4 Å². The average molecular weight is 330 g/mol. The summed E-state index contributed by atoms with van der Waals surface area (Å²) in [4.78, 5) is 13.0. The maximum Gasteiger partial charge on any atom is 0.317 e. The summed E-state index contributed by atoms with van der Waals surface area (Å²) in [5.41, 5.74) is 2.03. The van der Waals surface area contributed by atoms with E-state index < -0.39 is 5.97 Å². The van der Waals surface area contributed by atoms with Gasteiger partial charge in [0, 0.05) is 19.6 Å². The van der Waals surface area contributed by atoms with Crippen molar-refractivity contribution in [2.75, 3.05) is 13.1 Å². The molecule has 6 heteroatoms. The molecule has 106 valence electrons. The van der Waals surface area contributed by atoms with E-state index in [9.17, 15) is 4.79 Å². The smallest absolute Gasteiger partial charge is 0.317 e. The number of aromatic nitrogens is 2. The summed E-state index contributed by atoms with van der Waals surface area (Å²) in [6, 6.07) is 0. The molecule has 0 atom stereocenters. The molecule has 5 nitrogen and oxygen atoms in total. The van der Waals surface area contributed by atoms with Crippen LogP contribution in [0.1, 0.15) is 31.2 Å². The standard InChI is InChI=1S/C13H20BrN3O2/c1-3-17-11(13(14)9(2)15-17)7-16(8-12(18)19)6-10-4-5-10/h10H,3-8H2,1-2H3,(H,18,19). The topological polar surface area (TPSA) is 58.4 Å². The molecule has 0 radical (unpaired) electrons. The summed E-state index contributed by atoms with van der Waals surface area (Å²) in [5, 5.41) is 13.5. The Hall–Kier alpha value is -0.880. The second kappa shape index (κ2) is 6.05. The van der Waals surface area contributed by atoms with Gasteiger partial charge in [-0.1, -0.05) is 0 Å². The minimum absolute atomic E-state index is 0.0941. The normalized spacial score (nSPS) is 15.2. The molecule has 1 saturated carbocycles. The fourth-order valence-electron chi connectivity index (χ4n) is 2.27. The molecule has 0 aliphatic heterocycles. The Labute approximate surface area is 121 Å². The maximum atomic E-state index is 11.0. The molecule has 2 rings (SSSR count). The average Bonchev–Trinajstić information content (AvgIpc) is 3.10. The molecule has 1 aromatic rings. The molecule has 1 N–H and O–H groups in total. The van der Waals surface area contributed by atoms with Crippen molar-refractivity contribution in [3.05, 3.63) is 15.9 Å². The third kappa shape index (κ3) is 3.79. The summed E-state index contributed by atoms with van der Waals surface area (Å²) in [6.45, 7) is 6.40. The van der Waals surface area contributed by atoms with Crippen LogP contribution in [0.15, 0.2) is 4.47 Å². The number of hydrogen-bond donors (Lipinski definition) is 1. The minimum atomic E-state index is -0.768. The van der Waals surface area contributed by atoms with Crippen LogP contribution in [0, 0.1) is 12.8 Å². The zero-order valence-corrected chi connectivity index (χ0v) is 13.0. The lowest BCUT2D eigenvalue weighted by Gasteiger charge is -2.20. The third-order valence-corrected chi connectivity index (χ3v) is 4.43. The van der Waals surface area contributed by atoms with E-state index >= 15 is 0 Å². The number of carboxylic acids is 1. The van der Waals surface area contributed by atoms with Gasteiger partial charge in [0.25, 0.3) is 0 Å². The predicted octanol–water partition coefficient (Wildman–Crippen LogP) is 2.27. The highest BCUT2D eigenvalue weighted by atomic mass is 79.9. The highest BCUT2D eigenvalue weighted by molar-refractivity contribution is 9.10. The maximum absolute atomic E-state index is 11.0. The van der Waals surface area contributed by atoms with Crippen LogP contribution in [0.4, 0.5) is 0 Å². The van der Waals surface area contributed by atoms with Crippen molar-refractivity contribution in [1.29, 1.82) is 0 Å². The van der Waals surface area contributed by atoms with Crippen molar-refractivity contribution in [2.45, 2.75) is 39.8 Å². The second-order valence-electron chi connectivity index (χ2n) is 5.17. The highest BCUT2D eigenvalue weighted by Crippen LogP contribution is 2.31. The predicted molar refractivity (Wildman–Crippen MR) is 76.0 cm³/mol. The van der Waals surface area contributed by atoms with Crippen molar-refractivity contribution in [2.24, 2.45) is 5.92 Å². The first-order valence-electron chi connectivity index (χ1n) is 6.67. The van der Waals surface area contributed by atoms with Gasteiger partial charge in [0.2, 0.25) is 0 Å². The fraction of sp³-hybridized carbons (Fsp3) is 0.692. The molecular formula is C13H20BrN3O2. The van der Waals surface area contributed by atoms with Crippen LogP contribution in [0.5, 0.6) is 0 Å². The molecule has 1 fully saturated rings. The van der Waals surface area contributed by atoms with E-state index in [0.717, 1.165) is 29.0 Å². The zero-order chi connectivity index (χ0) is 14.0. The minimum Gasteiger partial charge on any atom is -0.480 e. The second-order valence-corrected chi connectivity index (χ2v) is 5.96. The Morgan fingerprint density at radius 3 is 2.79 bits per heavy atom. The summed E-state index contributed by atoms with van der Waals surface area (Å²) in [7, 11) is 0. The lowest BCUT2D eigenvalue weighted by atomic mass is 10.3. The van der Waals surface area contributed by atoms with E-state index in [1.165, 1.54) is 12.8 Å². The van der Waals surface area contributed by atoms with E-state index in [-0.39, 0.29) is 6.54 Å². The van der Waals surface area contributed by atoms with Crippen molar-refractivity contribution < 1.29 is 9.90 Å². The lowest BCUT2D eigenvalue weighted by molar-refractivity contribution is -0.138. The molecule has 1 aliphatic carbocycles. The first-order chi connectivity index (χ1) is 9.01. The van der Waals surface area contributed by atoms with E-state index in [4.69, 9.17) is 5.11 Å². The Morgan fingerprint density at radius 2 is 2.26 bits per heavy atom. The van der Waals surface area contributed by atoms with Gasteiger partial charge in [-0.05, 0) is 48.5 Å². The van der Waals surface area contributed by atoms with Gasteiger partial charge < -0.3 is 5.11 Å². The van der Waals surface area contributed by atoms with Gasteiger partial charge in [0.05, 0.1) is 22.4 Å². The molecule has 1 heterocycles. The molecule has 19 heavy (non-hydrogen) atoms. The number of nitrogens with zero attached hydrogens (tertiary/aromatic N) is 3. The number of aryl methyl sites for hydroxylation is 2. The van der Waals surface area contributed by atoms with Crippen LogP contribution in [0.2, 0.25) is 0 Å². The SMILES string of the molecule is CCn1nc(C)c(Br)c1CN(CC(=O)O)CC1CC1. The lowest BCUT2D eigenvalue weighted by Crippen LogP contribution is -2.32. The molecule has 0 amide bonds. The quantitative estimate of drug-likeness (QED) is 0.833. The number of halogens is 1. The van der Waals surface area contributed by atoms with Crippen molar-refractivity contribution in [3.63, 3.8) is 0 Å². The molecule has 0 saturated heterocycles. The van der Waals surface area contributed by atoms with E-state index in [2.05, 4.69) is 21.0 Å². The molecule has 0 spiro atoms. The van der Waals surface area contributed by atoms with Crippen molar-refractivity contribution in [1.82, 2.24) is 14.7 Å². The Balaban J connectivity index is 2.12. The summed E-state index contributed by atoms with van der Waals surface area (Å²) in [6.07, 6.45) is 2.45. The van der Waals surface area contributed by atoms with Crippen LogP contribution in [0.3, 0.4) is 0 Å². The fourth-order valence-corrected chi connectivity index (χ4v) is 2.68. The largest absolute Gasteiger partial charge is 0.480 e. The number of carbonyl (C=O) groups is 1. The van der Waals surface area contributed by atoms with E-state index in [1.807, 2.05) is 23.4 Å². The van der Waals surface area contributed by atoms with Crippen LogP contribution in [-0.2, 0) is 17.9 Å². The van der Waals surface area contributed by atoms with Gasteiger partial charge in [-0.2, -0.15) is 5.10 Å². The number of carboxylic acid groups (broad SMARTS) is 1. The molecule has 0 aromatic carbocycles. The van der Waals surface area contributed by atoms with Gasteiger partial charge in [-0.15, -0.1) is 0 Å². The molecule has 0 unspecified atom stereocenters. The van der Waals surface area contributed by atoms with E-state index in [1.54, 1.807) is 0 Å². The number of hydrogen-bond acceptors (Lipinski definition) is 3. The van der Waals surface area contributed by atoms with Gasteiger partial charge in [0.15, 0.2) is 0 Å². The van der Waals surface area contributed by atoms with Gasteiger partial charge >= 0.3 is 5.97 Å². The Morgan fingerprint density at radius 1 is 1.58 bits per heavy atom. The van der Waals surface area contributed by atoms with Crippen LogP contribution < -0.4 is 0 Å². The third-order valence-electron chi connectivity index (χ3n) is 3.40. The molecule has 0 bridgehead atoms. The number of aliphatic carboxylic acids is 1. The summed E-state index contributed by atoms with van der Waals surface area (Å²) < 4.78 is 2.95. The first-order valence-corrected chi connectivity index (χ1v) is 7.46. The van der Waals surface area contributed by atoms with Crippen molar-refractivity contribution >= 4 is 21.9 Å². The van der Waals surface area contributed by atoms with E-state index in [0.29, 0.717) is 12.5 Å². The van der Waals surface area contributed by atoms with Gasteiger partial charge in [0.1, 0.15) is 0 Å². The van der Waals surface area contributed by atoms with Crippen LogP contribution in [0.25, 0.3) is 0 Å². The van der Waals surface area contributed by atoms with Crippen LogP contribution in [-0.4, -0.2) is 38.8 Å². The summed E-state index contributed by atoms with van der Waals surface area (Å²) in [5.74, 6) is -0.0896. The van der Waals surface area contributed by atoms with Crippen LogP contribution >= 0.6 is 15.9 Å². The Bertz CT molecular complexity index is 469. The summed E-state index contributed by atoms with van der Waals surface area (Å²) >= 11 is 3.56.